The highest BCUT2D eigenvalue weighted by atomic mass is 16.2. The Morgan fingerprint density at radius 3 is 2.22 bits per heavy atom. The molecule has 1 aromatic carbocycles. The molecule has 0 bridgehead atoms. The molecule has 2 heterocycles. The molecule has 1 aliphatic rings. The monoisotopic (exact) mass is 239 g/mol. The van der Waals surface area contributed by atoms with E-state index in [0.717, 1.165) is 0 Å². The molecule has 0 fully saturated rings. The lowest BCUT2D eigenvalue weighted by Crippen LogP contribution is -2.29. The Morgan fingerprint density at radius 2 is 1.67 bits per heavy atom. The maximum Gasteiger partial charge on any atom is 0.261 e. The second kappa shape index (κ2) is 4.03. The van der Waals surface area contributed by atoms with Crippen LogP contribution in [0.25, 0.3) is 0 Å². The highest BCUT2D eigenvalue weighted by Gasteiger charge is 2.35. The molecule has 0 atom stereocenters. The molecule has 0 saturated heterocycles. The maximum atomic E-state index is 12.1. The summed E-state index contributed by atoms with van der Waals surface area (Å²) in [5, 5.41) is 0. The van der Waals surface area contributed by atoms with Gasteiger partial charge in [0, 0.05) is 12.4 Å². The molecule has 1 aromatic heterocycles. The van der Waals surface area contributed by atoms with Crippen LogP contribution in [0.1, 0.15) is 26.4 Å². The third-order valence-electron chi connectivity index (χ3n) is 2.81. The Morgan fingerprint density at radius 1 is 1.00 bits per heavy atom. The predicted molar refractivity (Wildman–Crippen MR) is 62.7 cm³/mol. The molecule has 0 spiro atoms. The topological polar surface area (TPSA) is 63.2 Å². The summed E-state index contributed by atoms with van der Waals surface area (Å²) in [4.78, 5) is 33.3. The molecule has 0 unspecified atom stereocenters. The van der Waals surface area contributed by atoms with Gasteiger partial charge in [0.25, 0.3) is 11.8 Å². The van der Waals surface area contributed by atoms with E-state index < -0.39 is 0 Å². The number of hydrogen-bond acceptors (Lipinski definition) is 4. The number of carbonyl (C=O) groups is 2. The normalized spacial score (nSPS) is 13.9. The van der Waals surface area contributed by atoms with E-state index >= 15 is 0 Å². The number of amides is 2. The van der Waals surface area contributed by atoms with Gasteiger partial charge >= 0.3 is 0 Å². The Kier molecular flexibility index (Phi) is 2.37. The third kappa shape index (κ3) is 1.57. The van der Waals surface area contributed by atoms with Gasteiger partial charge in [-0.15, -0.1) is 0 Å². The van der Waals surface area contributed by atoms with Crippen molar-refractivity contribution in [3.8, 4) is 0 Å². The van der Waals surface area contributed by atoms with Crippen molar-refractivity contribution < 1.29 is 9.59 Å². The number of benzene rings is 1. The van der Waals surface area contributed by atoms with Gasteiger partial charge in [0.1, 0.15) is 0 Å². The lowest BCUT2D eigenvalue weighted by molar-refractivity contribution is 0.0640. The molecule has 0 saturated carbocycles. The zero-order valence-corrected chi connectivity index (χ0v) is 9.41. The first-order valence-electron chi connectivity index (χ1n) is 5.47. The average Bonchev–Trinajstić information content (AvgIpc) is 2.66. The lowest BCUT2D eigenvalue weighted by Gasteiger charge is -2.12. The predicted octanol–water partition coefficient (Wildman–Crippen LogP) is 1.27. The molecule has 0 aliphatic carbocycles. The van der Waals surface area contributed by atoms with Crippen LogP contribution in [-0.2, 0) is 6.54 Å². The van der Waals surface area contributed by atoms with Gasteiger partial charge in [-0.2, -0.15) is 0 Å². The quantitative estimate of drug-likeness (QED) is 0.740. The van der Waals surface area contributed by atoms with Crippen LogP contribution in [0.2, 0.25) is 0 Å². The van der Waals surface area contributed by atoms with Crippen molar-refractivity contribution >= 4 is 11.8 Å². The van der Waals surface area contributed by atoms with Gasteiger partial charge in [-0.25, -0.2) is 0 Å². The van der Waals surface area contributed by atoms with Crippen LogP contribution >= 0.6 is 0 Å². The minimum Gasteiger partial charge on any atom is -0.269 e. The van der Waals surface area contributed by atoms with Crippen LogP contribution in [0.15, 0.2) is 42.9 Å². The van der Waals surface area contributed by atoms with E-state index in [1.807, 2.05) is 0 Å². The molecule has 18 heavy (non-hydrogen) atoms. The second-order valence-corrected chi connectivity index (χ2v) is 3.94. The fourth-order valence-electron chi connectivity index (χ4n) is 1.96. The minimum absolute atomic E-state index is 0.153. The highest BCUT2D eigenvalue weighted by molar-refractivity contribution is 6.21. The van der Waals surface area contributed by atoms with Crippen LogP contribution in [0.4, 0.5) is 0 Å². The van der Waals surface area contributed by atoms with E-state index in [2.05, 4.69) is 9.97 Å². The van der Waals surface area contributed by atoms with Crippen LogP contribution < -0.4 is 0 Å². The van der Waals surface area contributed by atoms with Crippen molar-refractivity contribution in [1.29, 1.82) is 0 Å². The minimum atomic E-state index is -0.277. The van der Waals surface area contributed by atoms with Gasteiger partial charge in [-0.05, 0) is 12.1 Å². The summed E-state index contributed by atoms with van der Waals surface area (Å²) in [5.74, 6) is -0.553. The number of hydrogen-bond donors (Lipinski definition) is 0. The van der Waals surface area contributed by atoms with Gasteiger partial charge < -0.3 is 0 Å². The standard InChI is InChI=1S/C13H9N3O2/c17-12-10-3-1-2-4-11(10)13(18)16(12)8-9-7-14-5-6-15-9/h1-7H,8H2. The summed E-state index contributed by atoms with van der Waals surface area (Å²) in [6, 6.07) is 6.81. The first-order chi connectivity index (χ1) is 8.77. The number of rotatable bonds is 2. The first kappa shape index (κ1) is 10.6. The molecule has 3 rings (SSSR count). The van der Waals surface area contributed by atoms with Crippen LogP contribution in [0, 0.1) is 0 Å². The number of fused-ring (bicyclic) bond motifs is 1. The molecule has 2 aromatic rings. The maximum absolute atomic E-state index is 12.1. The lowest BCUT2D eigenvalue weighted by atomic mass is 10.1. The zero-order chi connectivity index (χ0) is 12.5. The summed E-state index contributed by atoms with van der Waals surface area (Å²) < 4.78 is 0. The first-order valence-corrected chi connectivity index (χ1v) is 5.47. The van der Waals surface area contributed by atoms with Gasteiger partial charge in [-0.3, -0.25) is 24.5 Å². The molecule has 0 N–H and O–H groups in total. The molecule has 5 heteroatoms. The van der Waals surface area contributed by atoms with Gasteiger partial charge in [-0.1, -0.05) is 12.1 Å². The van der Waals surface area contributed by atoms with Crippen LogP contribution in [0.3, 0.4) is 0 Å². The van der Waals surface area contributed by atoms with Crippen LogP contribution in [-0.4, -0.2) is 26.7 Å². The summed E-state index contributed by atoms with van der Waals surface area (Å²) in [6.45, 7) is 0.153. The third-order valence-corrected chi connectivity index (χ3v) is 2.81. The Hall–Kier alpha value is -2.56. The zero-order valence-electron chi connectivity index (χ0n) is 9.41. The van der Waals surface area contributed by atoms with E-state index in [-0.39, 0.29) is 18.4 Å². The number of aromatic nitrogens is 2. The summed E-state index contributed by atoms with van der Waals surface area (Å²) in [7, 11) is 0. The van der Waals surface area contributed by atoms with Crippen molar-refractivity contribution in [2.24, 2.45) is 0 Å². The van der Waals surface area contributed by atoms with E-state index in [1.54, 1.807) is 36.7 Å². The second-order valence-electron chi connectivity index (χ2n) is 3.94. The molecule has 0 radical (unpaired) electrons. The Bertz CT molecular complexity index is 590. The summed E-state index contributed by atoms with van der Waals surface area (Å²) in [5.41, 5.74) is 1.49. The fraction of sp³-hybridized carbons (Fsp3) is 0.0769. The molecule has 1 aliphatic heterocycles. The van der Waals surface area contributed by atoms with Gasteiger partial charge in [0.2, 0.25) is 0 Å². The van der Waals surface area contributed by atoms with Crippen molar-refractivity contribution in [2.45, 2.75) is 6.54 Å². The summed E-state index contributed by atoms with van der Waals surface area (Å²) in [6.07, 6.45) is 4.63. The number of carbonyl (C=O) groups excluding carboxylic acids is 2. The van der Waals surface area contributed by atoms with Crippen molar-refractivity contribution in [3.63, 3.8) is 0 Å². The van der Waals surface area contributed by atoms with E-state index in [4.69, 9.17) is 0 Å². The smallest absolute Gasteiger partial charge is 0.261 e. The van der Waals surface area contributed by atoms with E-state index in [1.165, 1.54) is 11.1 Å². The van der Waals surface area contributed by atoms with E-state index in [0.29, 0.717) is 16.8 Å². The Balaban J connectivity index is 1.93. The molecule has 2 amide bonds. The number of nitrogens with zero attached hydrogens (tertiary/aromatic N) is 3. The highest BCUT2D eigenvalue weighted by Crippen LogP contribution is 2.23. The Labute approximate surface area is 103 Å². The molecule has 5 nitrogen and oxygen atoms in total. The molecular formula is C13H9N3O2. The summed E-state index contributed by atoms with van der Waals surface area (Å²) >= 11 is 0. The van der Waals surface area contributed by atoms with E-state index in [9.17, 15) is 9.59 Å². The van der Waals surface area contributed by atoms with Gasteiger partial charge in [0.15, 0.2) is 0 Å². The van der Waals surface area contributed by atoms with Crippen LogP contribution in [0.5, 0.6) is 0 Å². The molecular weight excluding hydrogens is 230 g/mol. The van der Waals surface area contributed by atoms with Crippen molar-refractivity contribution in [2.75, 3.05) is 0 Å². The average molecular weight is 239 g/mol. The van der Waals surface area contributed by atoms with Crippen molar-refractivity contribution in [1.82, 2.24) is 14.9 Å². The number of imide groups is 1. The van der Waals surface area contributed by atoms with Crippen molar-refractivity contribution in [3.05, 3.63) is 59.7 Å². The fourth-order valence-corrected chi connectivity index (χ4v) is 1.96. The van der Waals surface area contributed by atoms with Gasteiger partial charge in [0.05, 0.1) is 29.6 Å². The largest absolute Gasteiger partial charge is 0.269 e. The molecule has 88 valence electrons. The SMILES string of the molecule is O=C1c2ccccc2C(=O)N1Cc1cnccn1.